The fourth-order valence-electron chi connectivity index (χ4n) is 1.78. The van der Waals surface area contributed by atoms with Gasteiger partial charge in [-0.05, 0) is 17.2 Å². The van der Waals surface area contributed by atoms with E-state index in [9.17, 15) is 0 Å². The Morgan fingerprint density at radius 1 is 1.31 bits per heavy atom. The second kappa shape index (κ2) is 4.19. The van der Waals surface area contributed by atoms with Crippen molar-refractivity contribution in [3.05, 3.63) is 60.3 Å². The minimum atomic E-state index is 0.809. The van der Waals surface area contributed by atoms with Gasteiger partial charge in [-0.15, -0.1) is 0 Å². The molecule has 1 aromatic carbocycles. The third-order valence-electron chi connectivity index (χ3n) is 2.50. The topological polar surface area (TPSA) is 21.6 Å². The van der Waals surface area contributed by atoms with Crippen LogP contribution in [0, 0.1) is 0 Å². The van der Waals surface area contributed by atoms with Crippen LogP contribution in [0.2, 0.25) is 0 Å². The molecule has 0 unspecified atom stereocenters. The van der Waals surface area contributed by atoms with Gasteiger partial charge in [0.05, 0.1) is 18.4 Å². The van der Waals surface area contributed by atoms with Crippen molar-refractivity contribution in [2.45, 2.75) is 0 Å². The van der Waals surface area contributed by atoms with Crippen LogP contribution >= 0.6 is 0 Å². The molecule has 16 heavy (non-hydrogen) atoms. The largest absolute Gasteiger partial charge is 0.496 e. The van der Waals surface area contributed by atoms with Crippen LogP contribution in [0.5, 0.6) is 5.75 Å². The van der Waals surface area contributed by atoms with Crippen LogP contribution in [-0.2, 0) is 0 Å². The normalized spacial score (nSPS) is 16.1. The van der Waals surface area contributed by atoms with Crippen LogP contribution < -0.4 is 4.74 Å². The molecule has 2 nitrogen and oxygen atoms in total. The Morgan fingerprint density at radius 3 is 2.81 bits per heavy atom. The quantitative estimate of drug-likeness (QED) is 0.736. The SMILES string of the molecule is C=CN=C1C(=C)C=Cc2cccc(OC)c21. The smallest absolute Gasteiger partial charge is 0.128 e. The molecule has 0 fully saturated rings. The average Bonchev–Trinajstić information content (AvgIpc) is 2.32. The van der Waals surface area contributed by atoms with Crippen LogP contribution in [-0.4, -0.2) is 12.8 Å². The van der Waals surface area contributed by atoms with E-state index in [1.807, 2.05) is 30.4 Å². The van der Waals surface area contributed by atoms with Crippen LogP contribution in [0.4, 0.5) is 0 Å². The zero-order valence-electron chi connectivity index (χ0n) is 9.23. The number of nitrogens with zero attached hydrogens (tertiary/aromatic N) is 1. The summed E-state index contributed by atoms with van der Waals surface area (Å²) >= 11 is 0. The molecule has 0 aromatic heterocycles. The van der Waals surface area contributed by atoms with Gasteiger partial charge in [0.15, 0.2) is 0 Å². The van der Waals surface area contributed by atoms with Crippen LogP contribution in [0.3, 0.4) is 0 Å². The molecule has 1 aliphatic rings. The number of hydrogen-bond acceptors (Lipinski definition) is 2. The number of allylic oxidation sites excluding steroid dienone is 2. The van der Waals surface area contributed by atoms with E-state index in [2.05, 4.69) is 18.2 Å². The molecule has 1 aromatic rings. The molecular weight excluding hydrogens is 198 g/mol. The monoisotopic (exact) mass is 211 g/mol. The number of benzene rings is 1. The number of ether oxygens (including phenoxy) is 1. The van der Waals surface area contributed by atoms with Crippen molar-refractivity contribution in [1.82, 2.24) is 0 Å². The lowest BCUT2D eigenvalue weighted by Crippen LogP contribution is -2.10. The molecule has 0 saturated heterocycles. The summed E-state index contributed by atoms with van der Waals surface area (Å²) < 4.78 is 5.35. The Kier molecular flexibility index (Phi) is 2.73. The van der Waals surface area contributed by atoms with Gasteiger partial charge in [-0.1, -0.05) is 37.4 Å². The third kappa shape index (κ3) is 1.58. The first kappa shape index (κ1) is 10.4. The number of hydrogen-bond donors (Lipinski definition) is 0. The Bertz CT molecular complexity index is 509. The number of methoxy groups -OCH3 is 1. The summed E-state index contributed by atoms with van der Waals surface area (Å²) in [5, 5.41) is 0. The summed E-state index contributed by atoms with van der Waals surface area (Å²) in [5.41, 5.74) is 3.77. The highest BCUT2D eigenvalue weighted by Crippen LogP contribution is 2.30. The van der Waals surface area contributed by atoms with E-state index in [-0.39, 0.29) is 0 Å². The van der Waals surface area contributed by atoms with Crippen molar-refractivity contribution < 1.29 is 4.74 Å². The molecule has 80 valence electrons. The van der Waals surface area contributed by atoms with E-state index in [0.29, 0.717) is 0 Å². The van der Waals surface area contributed by atoms with Gasteiger partial charge < -0.3 is 4.74 Å². The molecule has 0 heterocycles. The lowest BCUT2D eigenvalue weighted by molar-refractivity contribution is 0.414. The van der Waals surface area contributed by atoms with Crippen LogP contribution in [0.25, 0.3) is 6.08 Å². The van der Waals surface area contributed by atoms with Gasteiger partial charge in [0.25, 0.3) is 0 Å². The maximum Gasteiger partial charge on any atom is 0.128 e. The third-order valence-corrected chi connectivity index (χ3v) is 2.50. The second-order valence-electron chi connectivity index (χ2n) is 3.44. The van der Waals surface area contributed by atoms with Gasteiger partial charge in [0, 0.05) is 6.20 Å². The summed E-state index contributed by atoms with van der Waals surface area (Å²) in [4.78, 5) is 4.26. The summed E-state index contributed by atoms with van der Waals surface area (Å²) in [7, 11) is 1.65. The van der Waals surface area contributed by atoms with Gasteiger partial charge in [-0.25, -0.2) is 0 Å². The Morgan fingerprint density at radius 2 is 2.12 bits per heavy atom. The lowest BCUT2D eigenvalue weighted by atomic mass is 9.91. The highest BCUT2D eigenvalue weighted by Gasteiger charge is 2.18. The molecule has 0 N–H and O–H groups in total. The minimum Gasteiger partial charge on any atom is -0.496 e. The van der Waals surface area contributed by atoms with Crippen molar-refractivity contribution >= 4 is 11.8 Å². The molecule has 0 amide bonds. The highest BCUT2D eigenvalue weighted by molar-refractivity contribution is 6.19. The second-order valence-corrected chi connectivity index (χ2v) is 3.44. The summed E-state index contributed by atoms with van der Waals surface area (Å²) in [6.45, 7) is 7.59. The van der Waals surface area contributed by atoms with E-state index in [4.69, 9.17) is 4.74 Å². The Labute approximate surface area is 95.3 Å². The predicted octanol–water partition coefficient (Wildman–Crippen LogP) is 3.21. The standard InChI is InChI=1S/C14H13NO/c1-4-15-14-10(2)8-9-11-6-5-7-12(16-3)13(11)14/h4-9H,1-2H2,3H3. The van der Waals surface area contributed by atoms with Gasteiger partial charge in [0.2, 0.25) is 0 Å². The average molecular weight is 211 g/mol. The number of fused-ring (bicyclic) bond motifs is 1. The van der Waals surface area contributed by atoms with Gasteiger partial charge >= 0.3 is 0 Å². The fourth-order valence-corrected chi connectivity index (χ4v) is 1.78. The first-order valence-corrected chi connectivity index (χ1v) is 5.01. The van der Waals surface area contributed by atoms with E-state index < -0.39 is 0 Å². The first-order chi connectivity index (χ1) is 7.77. The van der Waals surface area contributed by atoms with Crippen molar-refractivity contribution in [1.29, 1.82) is 0 Å². The molecule has 0 spiro atoms. The van der Waals surface area contributed by atoms with Gasteiger partial charge in [0.1, 0.15) is 5.75 Å². The molecule has 2 heteroatoms. The molecule has 1 aliphatic carbocycles. The summed E-state index contributed by atoms with van der Waals surface area (Å²) in [6, 6.07) is 5.91. The molecule has 0 aliphatic heterocycles. The van der Waals surface area contributed by atoms with Crippen molar-refractivity contribution in [3.8, 4) is 5.75 Å². The highest BCUT2D eigenvalue weighted by atomic mass is 16.5. The zero-order chi connectivity index (χ0) is 11.5. The summed E-state index contributed by atoms with van der Waals surface area (Å²) in [6.07, 6.45) is 5.49. The van der Waals surface area contributed by atoms with Crippen molar-refractivity contribution in [3.63, 3.8) is 0 Å². The maximum absolute atomic E-state index is 5.35. The summed E-state index contributed by atoms with van der Waals surface area (Å²) in [5.74, 6) is 0.809. The Hall–Kier alpha value is -2.09. The molecule has 0 bridgehead atoms. The molecule has 0 atom stereocenters. The number of aliphatic imine (C=N–C) groups is 1. The van der Waals surface area contributed by atoms with E-state index in [1.54, 1.807) is 7.11 Å². The molecule has 0 saturated carbocycles. The van der Waals surface area contributed by atoms with E-state index in [1.165, 1.54) is 6.20 Å². The predicted molar refractivity (Wildman–Crippen MR) is 67.9 cm³/mol. The van der Waals surface area contributed by atoms with Gasteiger partial charge in [-0.3, -0.25) is 4.99 Å². The maximum atomic E-state index is 5.35. The lowest BCUT2D eigenvalue weighted by Gasteiger charge is -2.17. The first-order valence-electron chi connectivity index (χ1n) is 5.01. The van der Waals surface area contributed by atoms with Crippen molar-refractivity contribution in [2.24, 2.45) is 4.99 Å². The molecule has 2 rings (SSSR count). The van der Waals surface area contributed by atoms with Crippen molar-refractivity contribution in [2.75, 3.05) is 7.11 Å². The Balaban J connectivity index is 2.71. The minimum absolute atomic E-state index is 0.809. The van der Waals surface area contributed by atoms with Gasteiger partial charge in [-0.2, -0.15) is 0 Å². The number of rotatable bonds is 2. The molecule has 0 radical (unpaired) electrons. The van der Waals surface area contributed by atoms with E-state index in [0.717, 1.165) is 28.2 Å². The van der Waals surface area contributed by atoms with Crippen LogP contribution in [0.15, 0.2) is 54.2 Å². The zero-order valence-corrected chi connectivity index (χ0v) is 9.23. The van der Waals surface area contributed by atoms with E-state index >= 15 is 0 Å². The fraction of sp³-hybridized carbons (Fsp3) is 0.0714. The van der Waals surface area contributed by atoms with Crippen LogP contribution in [0.1, 0.15) is 11.1 Å². The molecular formula is C14H13NO.